The lowest BCUT2D eigenvalue weighted by Crippen LogP contribution is -2.44. The van der Waals surface area contributed by atoms with E-state index in [4.69, 9.17) is 4.74 Å². The zero-order valence-electron chi connectivity index (χ0n) is 22.1. The number of nitrogens with one attached hydrogen (secondary N) is 1. The number of hydrogen-bond donors (Lipinski definition) is 2. The average molecular weight is 513 g/mol. The SMILES string of the molecule is O=C1CCCCC=CC[C@H](CC(=O)N(CCO)Cc2ccccc2)C(=O)N[C@@H](CC2CCCCC2)CO1. The van der Waals surface area contributed by atoms with Gasteiger partial charge in [0.05, 0.1) is 18.6 Å². The molecule has 0 spiro atoms. The molecule has 37 heavy (non-hydrogen) atoms. The van der Waals surface area contributed by atoms with Gasteiger partial charge in [0, 0.05) is 25.9 Å². The average Bonchev–Trinajstić information content (AvgIpc) is 2.91. The van der Waals surface area contributed by atoms with Crippen LogP contribution in [0.1, 0.15) is 82.6 Å². The first-order chi connectivity index (χ1) is 18.0. The van der Waals surface area contributed by atoms with Crippen molar-refractivity contribution in [3.05, 3.63) is 48.0 Å². The highest BCUT2D eigenvalue weighted by atomic mass is 16.5. The largest absolute Gasteiger partial charge is 0.463 e. The van der Waals surface area contributed by atoms with Crippen LogP contribution in [0.5, 0.6) is 0 Å². The van der Waals surface area contributed by atoms with Crippen molar-refractivity contribution >= 4 is 17.8 Å². The van der Waals surface area contributed by atoms with Crippen LogP contribution in [0.25, 0.3) is 0 Å². The molecule has 1 saturated carbocycles. The molecule has 2 aliphatic rings. The highest BCUT2D eigenvalue weighted by Crippen LogP contribution is 2.28. The summed E-state index contributed by atoms with van der Waals surface area (Å²) >= 11 is 0. The van der Waals surface area contributed by atoms with Crippen molar-refractivity contribution in [2.75, 3.05) is 19.8 Å². The molecule has 1 heterocycles. The van der Waals surface area contributed by atoms with Crippen molar-refractivity contribution in [2.24, 2.45) is 11.8 Å². The molecule has 0 unspecified atom stereocenters. The van der Waals surface area contributed by atoms with Crippen molar-refractivity contribution in [2.45, 2.75) is 89.6 Å². The van der Waals surface area contributed by atoms with E-state index in [2.05, 4.69) is 5.32 Å². The van der Waals surface area contributed by atoms with Gasteiger partial charge in [0.25, 0.3) is 0 Å². The number of carbonyl (C=O) groups excluding carboxylic acids is 3. The van der Waals surface area contributed by atoms with Crippen LogP contribution >= 0.6 is 0 Å². The monoisotopic (exact) mass is 512 g/mol. The second-order valence-electron chi connectivity index (χ2n) is 10.5. The molecule has 2 N–H and O–H groups in total. The Bertz CT molecular complexity index is 866. The van der Waals surface area contributed by atoms with Gasteiger partial charge in [-0.25, -0.2) is 0 Å². The Labute approximate surface area is 221 Å². The Morgan fingerprint density at radius 1 is 1.03 bits per heavy atom. The number of rotatable bonds is 8. The van der Waals surface area contributed by atoms with E-state index >= 15 is 0 Å². The minimum absolute atomic E-state index is 0.0684. The third-order valence-corrected chi connectivity index (χ3v) is 7.45. The molecular weight excluding hydrogens is 468 g/mol. The van der Waals surface area contributed by atoms with Crippen molar-refractivity contribution in [3.8, 4) is 0 Å². The molecule has 0 radical (unpaired) electrons. The zero-order valence-corrected chi connectivity index (χ0v) is 22.1. The van der Waals surface area contributed by atoms with E-state index in [9.17, 15) is 19.5 Å². The number of aliphatic hydroxyl groups is 1. The summed E-state index contributed by atoms with van der Waals surface area (Å²) in [5.74, 6) is -0.537. The Balaban J connectivity index is 1.71. The summed E-state index contributed by atoms with van der Waals surface area (Å²) in [4.78, 5) is 40.7. The van der Waals surface area contributed by atoms with Crippen molar-refractivity contribution in [1.29, 1.82) is 0 Å². The van der Waals surface area contributed by atoms with Crippen LogP contribution < -0.4 is 5.32 Å². The summed E-state index contributed by atoms with van der Waals surface area (Å²) in [6.07, 6.45) is 14.2. The molecule has 2 atom stereocenters. The maximum absolute atomic E-state index is 13.5. The van der Waals surface area contributed by atoms with E-state index in [1.807, 2.05) is 42.5 Å². The maximum Gasteiger partial charge on any atom is 0.305 e. The van der Waals surface area contributed by atoms with E-state index in [1.165, 1.54) is 19.3 Å². The molecule has 204 valence electrons. The van der Waals surface area contributed by atoms with Crippen molar-refractivity contribution < 1.29 is 24.2 Å². The fourth-order valence-corrected chi connectivity index (χ4v) is 5.33. The molecule has 1 aliphatic heterocycles. The Morgan fingerprint density at radius 2 is 1.81 bits per heavy atom. The smallest absolute Gasteiger partial charge is 0.305 e. The summed E-state index contributed by atoms with van der Waals surface area (Å²) in [7, 11) is 0. The van der Waals surface area contributed by atoms with Crippen LogP contribution in [0.3, 0.4) is 0 Å². The molecule has 1 aromatic rings. The second kappa shape index (κ2) is 16.2. The number of nitrogens with zero attached hydrogens (tertiary/aromatic N) is 1. The van der Waals surface area contributed by atoms with Gasteiger partial charge in [0.1, 0.15) is 6.61 Å². The first-order valence-corrected chi connectivity index (χ1v) is 14.1. The van der Waals surface area contributed by atoms with Crippen LogP contribution in [-0.2, 0) is 25.7 Å². The predicted molar refractivity (Wildman–Crippen MR) is 143 cm³/mol. The number of aliphatic hydroxyl groups excluding tert-OH is 1. The number of ether oxygens (including phenoxy) is 1. The number of esters is 1. The number of allylic oxidation sites excluding steroid dienone is 2. The molecule has 1 fully saturated rings. The number of cyclic esters (lactones) is 1. The van der Waals surface area contributed by atoms with Gasteiger partial charge < -0.3 is 20.1 Å². The lowest BCUT2D eigenvalue weighted by Gasteiger charge is -2.29. The summed E-state index contributed by atoms with van der Waals surface area (Å²) < 4.78 is 5.57. The highest BCUT2D eigenvalue weighted by molar-refractivity contribution is 5.86. The number of amides is 2. The second-order valence-corrected chi connectivity index (χ2v) is 10.5. The highest BCUT2D eigenvalue weighted by Gasteiger charge is 2.28. The quantitative estimate of drug-likeness (QED) is 0.394. The normalized spacial score (nSPS) is 22.5. The topological polar surface area (TPSA) is 95.9 Å². The van der Waals surface area contributed by atoms with Gasteiger partial charge in [-0.05, 0) is 43.6 Å². The number of benzene rings is 1. The molecule has 7 nitrogen and oxygen atoms in total. The molecule has 7 heteroatoms. The van der Waals surface area contributed by atoms with E-state index < -0.39 is 5.92 Å². The van der Waals surface area contributed by atoms with E-state index in [0.29, 0.717) is 25.3 Å². The molecule has 1 aromatic carbocycles. The molecule has 1 aliphatic carbocycles. The summed E-state index contributed by atoms with van der Waals surface area (Å²) in [6.45, 7) is 0.662. The Morgan fingerprint density at radius 3 is 2.57 bits per heavy atom. The van der Waals surface area contributed by atoms with Gasteiger partial charge in [-0.15, -0.1) is 0 Å². The summed E-state index contributed by atoms with van der Waals surface area (Å²) in [5, 5.41) is 12.7. The third-order valence-electron chi connectivity index (χ3n) is 7.45. The number of carbonyl (C=O) groups is 3. The molecule has 0 saturated heterocycles. The van der Waals surface area contributed by atoms with Crippen molar-refractivity contribution in [3.63, 3.8) is 0 Å². The fraction of sp³-hybridized carbons (Fsp3) is 0.633. The van der Waals surface area contributed by atoms with Gasteiger partial charge in [0.2, 0.25) is 11.8 Å². The van der Waals surface area contributed by atoms with Gasteiger partial charge in [-0.3, -0.25) is 14.4 Å². The minimum atomic E-state index is -0.520. The van der Waals surface area contributed by atoms with Crippen LogP contribution in [-0.4, -0.2) is 53.6 Å². The maximum atomic E-state index is 13.5. The van der Waals surface area contributed by atoms with Gasteiger partial charge in [-0.2, -0.15) is 0 Å². The van der Waals surface area contributed by atoms with E-state index in [0.717, 1.165) is 44.1 Å². The first kappa shape index (κ1) is 28.9. The lowest BCUT2D eigenvalue weighted by molar-refractivity contribution is -0.145. The van der Waals surface area contributed by atoms with Crippen LogP contribution in [0.4, 0.5) is 0 Å². The van der Waals surface area contributed by atoms with Crippen LogP contribution in [0.2, 0.25) is 0 Å². The molecular formula is C30H44N2O5. The van der Waals surface area contributed by atoms with Gasteiger partial charge in [0.15, 0.2) is 0 Å². The molecule has 3 rings (SSSR count). The molecule has 2 amide bonds. The number of hydrogen-bond acceptors (Lipinski definition) is 5. The predicted octanol–water partition coefficient (Wildman–Crippen LogP) is 4.53. The van der Waals surface area contributed by atoms with E-state index in [-0.39, 0.29) is 50.0 Å². The van der Waals surface area contributed by atoms with E-state index in [1.54, 1.807) is 4.90 Å². The molecule has 0 aromatic heterocycles. The van der Waals surface area contributed by atoms with Gasteiger partial charge in [-0.1, -0.05) is 74.6 Å². The van der Waals surface area contributed by atoms with Crippen LogP contribution in [0.15, 0.2) is 42.5 Å². The van der Waals surface area contributed by atoms with Crippen LogP contribution in [0, 0.1) is 11.8 Å². The minimum Gasteiger partial charge on any atom is -0.463 e. The van der Waals surface area contributed by atoms with Gasteiger partial charge >= 0.3 is 5.97 Å². The Kier molecular flexibility index (Phi) is 12.7. The summed E-state index contributed by atoms with van der Waals surface area (Å²) in [6, 6.07) is 9.42. The Hall–Kier alpha value is -2.67. The van der Waals surface area contributed by atoms with Crippen molar-refractivity contribution in [1.82, 2.24) is 10.2 Å². The molecule has 0 bridgehead atoms. The standard InChI is InChI=1S/C30H44N2O5/c33-19-18-32(22-25-14-8-5-9-15-25)28(34)21-26-16-10-2-1-3-11-17-29(35)37-23-27(31-30(26)36)20-24-12-6-4-7-13-24/h2,5,8-10,14-15,24,26-27,33H,1,3-4,6-7,11-13,16-23H2,(H,31,36)/t26-,27+/m1/s1. The summed E-state index contributed by atoms with van der Waals surface area (Å²) in [5.41, 5.74) is 0.981. The lowest BCUT2D eigenvalue weighted by atomic mass is 9.84. The zero-order chi connectivity index (χ0) is 26.3. The fourth-order valence-electron chi connectivity index (χ4n) is 5.33. The first-order valence-electron chi connectivity index (χ1n) is 14.1. The third kappa shape index (κ3) is 10.7.